The number of halogens is 1. The molecule has 0 aliphatic heterocycles. The van der Waals surface area contributed by atoms with Crippen molar-refractivity contribution < 1.29 is 4.52 Å². The van der Waals surface area contributed by atoms with Crippen LogP contribution in [0.3, 0.4) is 0 Å². The van der Waals surface area contributed by atoms with E-state index in [4.69, 9.17) is 4.52 Å². The minimum atomic E-state index is 0.690. The van der Waals surface area contributed by atoms with E-state index in [-0.39, 0.29) is 0 Å². The summed E-state index contributed by atoms with van der Waals surface area (Å²) in [7, 11) is 1.90. The predicted octanol–water partition coefficient (Wildman–Crippen LogP) is 2.91. The zero-order valence-corrected chi connectivity index (χ0v) is 10.8. The summed E-state index contributed by atoms with van der Waals surface area (Å²) in [5.41, 5.74) is 2.71. The molecule has 0 atom stereocenters. The highest BCUT2D eigenvalue weighted by Gasteiger charge is 2.10. The fourth-order valence-corrected chi connectivity index (χ4v) is 2.16. The summed E-state index contributed by atoms with van der Waals surface area (Å²) in [4.78, 5) is 0. The van der Waals surface area contributed by atoms with Gasteiger partial charge in [0.2, 0.25) is 0 Å². The molecule has 0 fully saturated rings. The van der Waals surface area contributed by atoms with E-state index in [1.54, 1.807) is 4.68 Å². The summed E-state index contributed by atoms with van der Waals surface area (Å²) in [5.74, 6) is 0. The van der Waals surface area contributed by atoms with Crippen LogP contribution in [0.4, 0.5) is 0 Å². The van der Waals surface area contributed by atoms with Crippen LogP contribution in [0.5, 0.6) is 0 Å². The third-order valence-corrected chi connectivity index (χ3v) is 3.12. The maximum Gasteiger partial charge on any atom is 0.168 e. The average Bonchev–Trinajstić information content (AvgIpc) is 2.86. The highest BCUT2D eigenvalue weighted by atomic mass is 79.9. The molecule has 5 heteroatoms. The molecule has 0 N–H and O–H groups in total. The van der Waals surface area contributed by atoms with E-state index in [0.717, 1.165) is 26.8 Å². The minimum absolute atomic E-state index is 0.690. The second kappa shape index (κ2) is 4.00. The Morgan fingerprint density at radius 1 is 1.35 bits per heavy atom. The van der Waals surface area contributed by atoms with E-state index < -0.39 is 0 Å². The van der Waals surface area contributed by atoms with E-state index in [1.165, 1.54) is 0 Å². The van der Waals surface area contributed by atoms with Gasteiger partial charge in [-0.3, -0.25) is 4.68 Å². The first-order valence-corrected chi connectivity index (χ1v) is 6.04. The van der Waals surface area contributed by atoms with Crippen molar-refractivity contribution >= 4 is 26.9 Å². The van der Waals surface area contributed by atoms with Crippen LogP contribution in [0.1, 0.15) is 11.4 Å². The normalized spacial score (nSPS) is 11.2. The summed E-state index contributed by atoms with van der Waals surface area (Å²) < 4.78 is 8.07. The van der Waals surface area contributed by atoms with Gasteiger partial charge in [-0.2, -0.15) is 5.10 Å². The van der Waals surface area contributed by atoms with Gasteiger partial charge in [0, 0.05) is 29.5 Å². The Labute approximate surface area is 106 Å². The predicted molar refractivity (Wildman–Crippen MR) is 67.7 cm³/mol. The maximum atomic E-state index is 5.29. The Balaban J connectivity index is 2.00. The van der Waals surface area contributed by atoms with Crippen molar-refractivity contribution in [1.29, 1.82) is 0 Å². The van der Waals surface area contributed by atoms with Gasteiger partial charge in [0.1, 0.15) is 0 Å². The van der Waals surface area contributed by atoms with Crippen molar-refractivity contribution in [3.8, 4) is 0 Å². The molecule has 86 valence electrons. The number of rotatable bonds is 2. The first kappa shape index (κ1) is 10.5. The van der Waals surface area contributed by atoms with Gasteiger partial charge in [-0.05, 0) is 24.3 Å². The lowest BCUT2D eigenvalue weighted by Crippen LogP contribution is -1.93. The van der Waals surface area contributed by atoms with E-state index in [9.17, 15) is 0 Å². The van der Waals surface area contributed by atoms with Crippen molar-refractivity contribution in [3.63, 3.8) is 0 Å². The molecule has 2 heterocycles. The molecule has 0 saturated carbocycles. The standard InChI is InChI=1S/C12H10BrN3O/c1-16-5-4-9(14-16)7-11-10-3-2-8(13)6-12(10)17-15-11/h2-6H,7H2,1H3. The van der Waals surface area contributed by atoms with Crippen molar-refractivity contribution in [2.24, 2.45) is 7.05 Å². The van der Waals surface area contributed by atoms with Crippen molar-refractivity contribution in [1.82, 2.24) is 14.9 Å². The Kier molecular flexibility index (Phi) is 2.48. The molecule has 0 spiro atoms. The number of fused-ring (bicyclic) bond motifs is 1. The lowest BCUT2D eigenvalue weighted by atomic mass is 10.1. The van der Waals surface area contributed by atoms with Crippen molar-refractivity contribution in [2.75, 3.05) is 0 Å². The Morgan fingerprint density at radius 2 is 2.24 bits per heavy atom. The van der Waals surface area contributed by atoms with Gasteiger partial charge in [0.15, 0.2) is 5.58 Å². The first-order valence-electron chi connectivity index (χ1n) is 5.25. The van der Waals surface area contributed by atoms with Gasteiger partial charge in [0.25, 0.3) is 0 Å². The molecule has 0 aliphatic carbocycles. The highest BCUT2D eigenvalue weighted by molar-refractivity contribution is 9.10. The van der Waals surface area contributed by atoms with Crippen LogP contribution in [0.25, 0.3) is 11.0 Å². The first-order chi connectivity index (χ1) is 8.22. The molecule has 17 heavy (non-hydrogen) atoms. The zero-order chi connectivity index (χ0) is 11.8. The molecule has 0 amide bonds. The molecule has 0 saturated heterocycles. The third kappa shape index (κ3) is 1.98. The number of aryl methyl sites for hydroxylation is 1. The fraction of sp³-hybridized carbons (Fsp3) is 0.167. The van der Waals surface area contributed by atoms with Gasteiger partial charge >= 0.3 is 0 Å². The molecule has 1 aromatic carbocycles. The molecular formula is C12H10BrN3O. The quantitative estimate of drug-likeness (QED) is 0.729. The molecule has 2 aromatic heterocycles. The van der Waals surface area contributed by atoms with E-state index in [0.29, 0.717) is 6.42 Å². The summed E-state index contributed by atoms with van der Waals surface area (Å²) in [6.07, 6.45) is 2.61. The third-order valence-electron chi connectivity index (χ3n) is 2.63. The van der Waals surface area contributed by atoms with Gasteiger partial charge < -0.3 is 4.52 Å². The van der Waals surface area contributed by atoms with E-state index >= 15 is 0 Å². The maximum absolute atomic E-state index is 5.29. The van der Waals surface area contributed by atoms with Gasteiger partial charge in [-0.15, -0.1) is 0 Å². The molecule has 0 aliphatic rings. The molecule has 4 nitrogen and oxygen atoms in total. The molecular weight excluding hydrogens is 282 g/mol. The lowest BCUT2D eigenvalue weighted by molar-refractivity contribution is 0.447. The molecule has 0 bridgehead atoms. The van der Waals surface area contributed by atoms with Crippen LogP contribution in [0, 0.1) is 0 Å². The fourth-order valence-electron chi connectivity index (χ4n) is 1.82. The summed E-state index contributed by atoms with van der Waals surface area (Å²) in [5, 5.41) is 9.47. The van der Waals surface area contributed by atoms with Gasteiger partial charge in [0.05, 0.1) is 11.4 Å². The van der Waals surface area contributed by atoms with Crippen LogP contribution in [0.2, 0.25) is 0 Å². The Morgan fingerprint density at radius 3 is 3.00 bits per heavy atom. The van der Waals surface area contributed by atoms with Crippen LogP contribution in [-0.4, -0.2) is 14.9 Å². The average molecular weight is 292 g/mol. The largest absolute Gasteiger partial charge is 0.356 e. The number of nitrogens with zero attached hydrogens (tertiary/aromatic N) is 3. The van der Waals surface area contributed by atoms with Gasteiger partial charge in [-0.25, -0.2) is 0 Å². The number of benzene rings is 1. The van der Waals surface area contributed by atoms with Crippen molar-refractivity contribution in [3.05, 3.63) is 46.3 Å². The SMILES string of the molecule is Cn1ccc(Cc2noc3cc(Br)ccc23)n1. The second-order valence-electron chi connectivity index (χ2n) is 3.93. The van der Waals surface area contributed by atoms with Crippen LogP contribution in [0.15, 0.2) is 39.5 Å². The topological polar surface area (TPSA) is 43.9 Å². The number of aromatic nitrogens is 3. The number of hydrogen-bond acceptors (Lipinski definition) is 3. The van der Waals surface area contributed by atoms with Crippen molar-refractivity contribution in [2.45, 2.75) is 6.42 Å². The molecule has 0 radical (unpaired) electrons. The Hall–Kier alpha value is -1.62. The van der Waals surface area contributed by atoms with Crippen LogP contribution in [-0.2, 0) is 13.5 Å². The second-order valence-corrected chi connectivity index (χ2v) is 4.84. The highest BCUT2D eigenvalue weighted by Crippen LogP contribution is 2.23. The summed E-state index contributed by atoms with van der Waals surface area (Å²) in [6, 6.07) is 7.90. The van der Waals surface area contributed by atoms with E-state index in [2.05, 4.69) is 26.2 Å². The van der Waals surface area contributed by atoms with Gasteiger partial charge in [-0.1, -0.05) is 21.1 Å². The number of hydrogen-bond donors (Lipinski definition) is 0. The molecule has 0 unspecified atom stereocenters. The summed E-state index contributed by atoms with van der Waals surface area (Å²) in [6.45, 7) is 0. The van der Waals surface area contributed by atoms with Crippen LogP contribution < -0.4 is 0 Å². The Bertz CT molecular complexity index is 671. The monoisotopic (exact) mass is 291 g/mol. The minimum Gasteiger partial charge on any atom is -0.356 e. The van der Waals surface area contributed by atoms with E-state index in [1.807, 2.05) is 37.5 Å². The van der Waals surface area contributed by atoms with Crippen LogP contribution >= 0.6 is 15.9 Å². The summed E-state index contributed by atoms with van der Waals surface area (Å²) >= 11 is 3.41. The molecule has 3 rings (SSSR count). The zero-order valence-electron chi connectivity index (χ0n) is 9.22. The smallest absolute Gasteiger partial charge is 0.168 e. The molecule has 3 aromatic rings. The lowest BCUT2D eigenvalue weighted by Gasteiger charge is -1.93.